The Kier molecular flexibility index (Phi) is 6.74. The number of thioether (sulfide) groups is 1. The second kappa shape index (κ2) is 8.22. The van der Waals surface area contributed by atoms with Crippen LogP contribution in [0.4, 0.5) is 4.79 Å². The van der Waals surface area contributed by atoms with Gasteiger partial charge in [0.25, 0.3) is 5.24 Å². The van der Waals surface area contributed by atoms with Crippen molar-refractivity contribution < 1.29 is 4.79 Å². The molecule has 88 valence electrons. The van der Waals surface area contributed by atoms with Gasteiger partial charge in [-0.15, -0.1) is 0 Å². The Morgan fingerprint density at radius 1 is 1.31 bits per heavy atom. The molecule has 0 fully saturated rings. The third-order valence-corrected chi connectivity index (χ3v) is 3.21. The molecule has 0 spiro atoms. The van der Waals surface area contributed by atoms with Gasteiger partial charge in [-0.3, -0.25) is 4.79 Å². The van der Waals surface area contributed by atoms with Gasteiger partial charge >= 0.3 is 0 Å². The van der Waals surface area contributed by atoms with Crippen molar-refractivity contribution in [3.63, 3.8) is 0 Å². The number of aryl methyl sites for hydroxylation is 1. The first-order valence-electron chi connectivity index (χ1n) is 5.77. The molecule has 1 amide bonds. The topological polar surface area (TPSA) is 29.1 Å². The van der Waals surface area contributed by atoms with E-state index >= 15 is 0 Å². The number of carbonyl (C=O) groups is 1. The lowest BCUT2D eigenvalue weighted by atomic mass is 10.1. The number of benzene rings is 1. The van der Waals surface area contributed by atoms with Crippen LogP contribution in [0.3, 0.4) is 0 Å². The van der Waals surface area contributed by atoms with Crippen molar-refractivity contribution in [2.24, 2.45) is 0 Å². The fourth-order valence-corrected chi connectivity index (χ4v) is 1.97. The Morgan fingerprint density at radius 3 is 2.75 bits per heavy atom. The summed E-state index contributed by atoms with van der Waals surface area (Å²) in [4.78, 5) is 11.3. The third-order valence-electron chi connectivity index (χ3n) is 2.19. The molecule has 0 saturated heterocycles. The predicted molar refractivity (Wildman–Crippen MR) is 70.9 cm³/mol. The normalized spacial score (nSPS) is 10.1. The maximum Gasteiger partial charge on any atom is 0.279 e. The molecule has 0 aliphatic heterocycles. The minimum atomic E-state index is 0.106. The summed E-state index contributed by atoms with van der Waals surface area (Å²) >= 11 is 1.37. The Labute approximate surface area is 102 Å². The van der Waals surface area contributed by atoms with Crippen molar-refractivity contribution in [3.8, 4) is 0 Å². The monoisotopic (exact) mass is 237 g/mol. The molecule has 1 N–H and O–H groups in total. The van der Waals surface area contributed by atoms with Crippen LogP contribution in [0.15, 0.2) is 30.3 Å². The standard InChI is InChI=1S/C13H19NOS/c1-2-11-16-13(15)14-10-6-9-12-7-4-3-5-8-12/h3-5,7-8H,2,6,9-11H2,1H3,(H,14,15). The molecule has 3 heteroatoms. The maximum absolute atomic E-state index is 11.3. The lowest BCUT2D eigenvalue weighted by Crippen LogP contribution is -2.20. The van der Waals surface area contributed by atoms with Crippen LogP contribution in [0.25, 0.3) is 0 Å². The zero-order valence-electron chi connectivity index (χ0n) is 9.74. The van der Waals surface area contributed by atoms with Crippen molar-refractivity contribution in [2.75, 3.05) is 12.3 Å². The largest absolute Gasteiger partial charge is 0.347 e. The first-order chi connectivity index (χ1) is 7.83. The first kappa shape index (κ1) is 13.1. The van der Waals surface area contributed by atoms with E-state index < -0.39 is 0 Å². The Balaban J connectivity index is 2.06. The SMILES string of the molecule is CCCSC(=O)NCCCc1ccccc1. The van der Waals surface area contributed by atoms with E-state index in [2.05, 4.69) is 24.4 Å². The van der Waals surface area contributed by atoms with E-state index in [4.69, 9.17) is 0 Å². The van der Waals surface area contributed by atoms with Crippen molar-refractivity contribution in [1.82, 2.24) is 5.32 Å². The van der Waals surface area contributed by atoms with Crippen LogP contribution in [0.5, 0.6) is 0 Å². The highest BCUT2D eigenvalue weighted by Gasteiger charge is 1.99. The van der Waals surface area contributed by atoms with Gasteiger partial charge in [0.2, 0.25) is 0 Å². The third kappa shape index (κ3) is 5.81. The number of carbonyl (C=O) groups excluding carboxylic acids is 1. The molecule has 2 nitrogen and oxygen atoms in total. The molecule has 0 aliphatic carbocycles. The zero-order valence-corrected chi connectivity index (χ0v) is 10.6. The van der Waals surface area contributed by atoms with Gasteiger partial charge in [-0.05, 0) is 24.8 Å². The number of nitrogens with one attached hydrogen (secondary N) is 1. The number of rotatable bonds is 6. The lowest BCUT2D eigenvalue weighted by Gasteiger charge is -2.04. The molecule has 0 saturated carbocycles. The number of hydrogen-bond acceptors (Lipinski definition) is 2. The summed E-state index contributed by atoms with van der Waals surface area (Å²) in [6.45, 7) is 2.85. The summed E-state index contributed by atoms with van der Waals surface area (Å²) in [6.07, 6.45) is 3.07. The molecular weight excluding hydrogens is 218 g/mol. The smallest absolute Gasteiger partial charge is 0.279 e. The average molecular weight is 237 g/mol. The molecule has 0 bridgehead atoms. The highest BCUT2D eigenvalue weighted by Crippen LogP contribution is 2.04. The van der Waals surface area contributed by atoms with Crippen molar-refractivity contribution >= 4 is 17.0 Å². The first-order valence-corrected chi connectivity index (χ1v) is 6.76. The molecule has 0 heterocycles. The zero-order chi connectivity index (χ0) is 11.6. The van der Waals surface area contributed by atoms with Gasteiger partial charge in [-0.1, -0.05) is 49.0 Å². The van der Waals surface area contributed by atoms with Crippen molar-refractivity contribution in [3.05, 3.63) is 35.9 Å². The maximum atomic E-state index is 11.3. The molecule has 0 unspecified atom stereocenters. The predicted octanol–water partition coefficient (Wildman–Crippen LogP) is 3.47. The van der Waals surface area contributed by atoms with Crippen LogP contribution in [0, 0.1) is 0 Å². The van der Waals surface area contributed by atoms with E-state index in [0.717, 1.165) is 31.6 Å². The number of hydrogen-bond donors (Lipinski definition) is 1. The molecule has 0 aromatic heterocycles. The summed E-state index contributed by atoms with van der Waals surface area (Å²) in [7, 11) is 0. The van der Waals surface area contributed by atoms with Gasteiger partial charge in [0.05, 0.1) is 0 Å². The van der Waals surface area contributed by atoms with Crippen LogP contribution in [-0.4, -0.2) is 17.5 Å². The second-order valence-corrected chi connectivity index (χ2v) is 4.72. The molecule has 0 radical (unpaired) electrons. The molecule has 1 aromatic carbocycles. The van der Waals surface area contributed by atoms with E-state index in [9.17, 15) is 4.79 Å². The van der Waals surface area contributed by atoms with Gasteiger partial charge in [-0.2, -0.15) is 0 Å². The lowest BCUT2D eigenvalue weighted by molar-refractivity contribution is 0.260. The van der Waals surface area contributed by atoms with Crippen molar-refractivity contribution in [1.29, 1.82) is 0 Å². The number of amides is 1. The Morgan fingerprint density at radius 2 is 2.06 bits per heavy atom. The van der Waals surface area contributed by atoms with E-state index in [1.54, 1.807) is 0 Å². The van der Waals surface area contributed by atoms with Crippen LogP contribution < -0.4 is 5.32 Å². The minimum Gasteiger partial charge on any atom is -0.347 e. The van der Waals surface area contributed by atoms with E-state index in [1.165, 1.54) is 17.3 Å². The van der Waals surface area contributed by atoms with Crippen LogP contribution in [-0.2, 0) is 6.42 Å². The summed E-state index contributed by atoms with van der Waals surface area (Å²) in [6, 6.07) is 10.4. The fourth-order valence-electron chi connectivity index (χ4n) is 1.37. The molecule has 0 aliphatic rings. The average Bonchev–Trinajstić information content (AvgIpc) is 2.33. The van der Waals surface area contributed by atoms with Gasteiger partial charge in [0.1, 0.15) is 0 Å². The summed E-state index contributed by atoms with van der Waals surface area (Å²) in [5, 5.41) is 3.02. The van der Waals surface area contributed by atoms with Gasteiger partial charge < -0.3 is 5.32 Å². The molecule has 1 rings (SSSR count). The molecule has 0 atom stereocenters. The van der Waals surface area contributed by atoms with E-state index in [1.807, 2.05) is 18.2 Å². The molecule has 1 aromatic rings. The van der Waals surface area contributed by atoms with E-state index in [0.29, 0.717) is 0 Å². The van der Waals surface area contributed by atoms with Crippen LogP contribution in [0.2, 0.25) is 0 Å². The summed E-state index contributed by atoms with van der Waals surface area (Å²) < 4.78 is 0. The van der Waals surface area contributed by atoms with E-state index in [-0.39, 0.29) is 5.24 Å². The molecular formula is C13H19NOS. The Hall–Kier alpha value is -0.960. The van der Waals surface area contributed by atoms with Crippen LogP contribution >= 0.6 is 11.8 Å². The second-order valence-electron chi connectivity index (χ2n) is 3.65. The highest BCUT2D eigenvalue weighted by molar-refractivity contribution is 8.13. The van der Waals surface area contributed by atoms with Crippen molar-refractivity contribution in [2.45, 2.75) is 26.2 Å². The van der Waals surface area contributed by atoms with Crippen LogP contribution in [0.1, 0.15) is 25.3 Å². The fraction of sp³-hybridized carbons (Fsp3) is 0.462. The molecule has 16 heavy (non-hydrogen) atoms. The quantitative estimate of drug-likeness (QED) is 0.768. The summed E-state index contributed by atoms with van der Waals surface area (Å²) in [5.41, 5.74) is 1.33. The van der Waals surface area contributed by atoms with Gasteiger partial charge in [-0.25, -0.2) is 0 Å². The highest BCUT2D eigenvalue weighted by atomic mass is 32.2. The summed E-state index contributed by atoms with van der Waals surface area (Å²) in [5.74, 6) is 0.907. The minimum absolute atomic E-state index is 0.106. The Bertz CT molecular complexity index is 300. The van der Waals surface area contributed by atoms with Gasteiger partial charge in [0, 0.05) is 12.3 Å². The van der Waals surface area contributed by atoms with Gasteiger partial charge in [0.15, 0.2) is 0 Å².